The van der Waals surface area contributed by atoms with Gasteiger partial charge in [0.2, 0.25) is 11.5 Å². The summed E-state index contributed by atoms with van der Waals surface area (Å²) < 4.78 is 0. The van der Waals surface area contributed by atoms with E-state index in [2.05, 4.69) is 10.3 Å². The molecule has 102 valence electrons. The molecule has 6 nitrogen and oxygen atoms in total. The van der Waals surface area contributed by atoms with E-state index in [1.165, 1.54) is 12.3 Å². The van der Waals surface area contributed by atoms with E-state index in [0.29, 0.717) is 18.7 Å². The van der Waals surface area contributed by atoms with Crippen LogP contribution in [0.25, 0.3) is 0 Å². The molecule has 1 saturated heterocycles. The van der Waals surface area contributed by atoms with Crippen LogP contribution in [0.15, 0.2) is 23.1 Å². The van der Waals surface area contributed by atoms with Gasteiger partial charge in [0.15, 0.2) is 0 Å². The van der Waals surface area contributed by atoms with Crippen LogP contribution < -0.4 is 10.9 Å². The van der Waals surface area contributed by atoms with Gasteiger partial charge in [-0.3, -0.25) is 14.4 Å². The molecule has 0 radical (unpaired) electrons. The Balaban J connectivity index is 2.11. The summed E-state index contributed by atoms with van der Waals surface area (Å²) in [5.74, 6) is -0.396. The van der Waals surface area contributed by atoms with Crippen molar-refractivity contribution in [2.75, 3.05) is 20.1 Å². The van der Waals surface area contributed by atoms with Crippen LogP contribution in [-0.4, -0.2) is 41.8 Å². The zero-order valence-electron chi connectivity index (χ0n) is 10.8. The lowest BCUT2D eigenvalue weighted by Crippen LogP contribution is -2.45. The van der Waals surface area contributed by atoms with Crippen LogP contribution >= 0.6 is 0 Å². The van der Waals surface area contributed by atoms with E-state index in [4.69, 9.17) is 0 Å². The minimum Gasteiger partial charge on any atom is -0.359 e. The third-order valence-corrected chi connectivity index (χ3v) is 3.35. The van der Waals surface area contributed by atoms with E-state index in [9.17, 15) is 14.4 Å². The van der Waals surface area contributed by atoms with Crippen LogP contribution in [0.4, 0.5) is 0 Å². The van der Waals surface area contributed by atoms with Crippen LogP contribution in [0.1, 0.15) is 23.2 Å². The highest BCUT2D eigenvalue weighted by molar-refractivity contribution is 5.94. The average Bonchev–Trinajstić information content (AvgIpc) is 2.45. The van der Waals surface area contributed by atoms with Crippen LogP contribution in [0.2, 0.25) is 0 Å². The van der Waals surface area contributed by atoms with E-state index < -0.39 is 0 Å². The molecule has 1 aromatic rings. The molecular formula is C13H17N3O3. The van der Waals surface area contributed by atoms with Crippen LogP contribution in [-0.2, 0) is 4.79 Å². The van der Waals surface area contributed by atoms with Gasteiger partial charge in [0.1, 0.15) is 0 Å². The maximum atomic E-state index is 12.2. The maximum absolute atomic E-state index is 12.2. The smallest absolute Gasteiger partial charge is 0.254 e. The molecule has 0 bridgehead atoms. The Kier molecular flexibility index (Phi) is 3.99. The average molecular weight is 263 g/mol. The van der Waals surface area contributed by atoms with E-state index in [-0.39, 0.29) is 23.3 Å². The number of H-pyrrole nitrogens is 1. The summed E-state index contributed by atoms with van der Waals surface area (Å²) in [5.41, 5.74) is 0.0621. The number of hydrogen-bond donors (Lipinski definition) is 2. The van der Waals surface area contributed by atoms with Gasteiger partial charge in [0.05, 0.1) is 5.92 Å². The summed E-state index contributed by atoms with van der Waals surface area (Å²) in [4.78, 5) is 39.2. The van der Waals surface area contributed by atoms with Crippen molar-refractivity contribution in [3.63, 3.8) is 0 Å². The number of rotatable bonds is 2. The van der Waals surface area contributed by atoms with E-state index in [1.807, 2.05) is 0 Å². The second-order valence-electron chi connectivity index (χ2n) is 4.65. The first-order chi connectivity index (χ1) is 9.11. The molecule has 1 aromatic heterocycles. The first kappa shape index (κ1) is 13.3. The number of nitrogens with one attached hydrogen (secondary N) is 2. The van der Waals surface area contributed by atoms with Gasteiger partial charge in [-0.05, 0) is 18.9 Å². The zero-order chi connectivity index (χ0) is 13.8. The van der Waals surface area contributed by atoms with Gasteiger partial charge in [-0.15, -0.1) is 0 Å². The van der Waals surface area contributed by atoms with Crippen molar-refractivity contribution in [1.82, 2.24) is 15.2 Å². The Bertz CT molecular complexity index is 538. The molecule has 19 heavy (non-hydrogen) atoms. The molecule has 2 heterocycles. The molecule has 1 unspecified atom stereocenters. The highest BCUT2D eigenvalue weighted by Crippen LogP contribution is 2.18. The molecule has 0 aromatic carbocycles. The Labute approximate surface area is 110 Å². The third-order valence-electron chi connectivity index (χ3n) is 3.35. The lowest BCUT2D eigenvalue weighted by molar-refractivity contribution is -0.125. The lowest BCUT2D eigenvalue weighted by atomic mass is 9.96. The minimum absolute atomic E-state index is 0.0385. The molecule has 2 N–H and O–H groups in total. The molecule has 6 heteroatoms. The van der Waals surface area contributed by atoms with Crippen molar-refractivity contribution in [3.8, 4) is 0 Å². The van der Waals surface area contributed by atoms with Gasteiger partial charge in [0.25, 0.3) is 5.91 Å². The minimum atomic E-state index is -0.300. The summed E-state index contributed by atoms with van der Waals surface area (Å²) in [7, 11) is 1.60. The number of aromatic nitrogens is 1. The van der Waals surface area contributed by atoms with Gasteiger partial charge in [-0.1, -0.05) is 0 Å². The lowest BCUT2D eigenvalue weighted by Gasteiger charge is -2.31. The number of aromatic amines is 1. The van der Waals surface area contributed by atoms with Crippen LogP contribution in [0.3, 0.4) is 0 Å². The van der Waals surface area contributed by atoms with Crippen LogP contribution in [0, 0.1) is 5.92 Å². The van der Waals surface area contributed by atoms with Crippen molar-refractivity contribution >= 4 is 11.8 Å². The molecule has 0 spiro atoms. The highest BCUT2D eigenvalue weighted by atomic mass is 16.2. The largest absolute Gasteiger partial charge is 0.359 e. The summed E-state index contributed by atoms with van der Waals surface area (Å²) in [6, 6.07) is 2.86. The summed E-state index contributed by atoms with van der Waals surface area (Å²) in [6.45, 7) is 1.03. The molecule has 2 amide bonds. The number of pyridine rings is 1. The molecule has 1 atom stereocenters. The molecule has 1 aliphatic rings. The summed E-state index contributed by atoms with van der Waals surface area (Å²) >= 11 is 0. The SMILES string of the molecule is CNC(=O)C1CCCN(C(=O)c2cc[nH]c(=O)c2)C1. The fourth-order valence-corrected chi connectivity index (χ4v) is 2.34. The normalized spacial score (nSPS) is 19.0. The molecule has 0 aliphatic carbocycles. The Morgan fingerprint density at radius 3 is 2.95 bits per heavy atom. The Morgan fingerprint density at radius 2 is 2.26 bits per heavy atom. The van der Waals surface area contributed by atoms with Crippen molar-refractivity contribution in [2.24, 2.45) is 5.92 Å². The van der Waals surface area contributed by atoms with Crippen molar-refractivity contribution < 1.29 is 9.59 Å². The van der Waals surface area contributed by atoms with E-state index >= 15 is 0 Å². The number of nitrogens with zero attached hydrogens (tertiary/aromatic N) is 1. The fourth-order valence-electron chi connectivity index (χ4n) is 2.34. The Hall–Kier alpha value is -2.11. The molecular weight excluding hydrogens is 246 g/mol. The molecule has 1 fully saturated rings. The predicted molar refractivity (Wildman–Crippen MR) is 69.8 cm³/mol. The van der Waals surface area contributed by atoms with E-state index in [0.717, 1.165) is 12.8 Å². The zero-order valence-corrected chi connectivity index (χ0v) is 10.8. The molecule has 1 aliphatic heterocycles. The number of carbonyl (C=O) groups is 2. The second-order valence-corrected chi connectivity index (χ2v) is 4.65. The number of carbonyl (C=O) groups excluding carboxylic acids is 2. The van der Waals surface area contributed by atoms with E-state index in [1.54, 1.807) is 18.0 Å². The van der Waals surface area contributed by atoms with Gasteiger partial charge < -0.3 is 15.2 Å². The van der Waals surface area contributed by atoms with Crippen molar-refractivity contribution in [3.05, 3.63) is 34.2 Å². The topological polar surface area (TPSA) is 82.3 Å². The van der Waals surface area contributed by atoms with Gasteiger partial charge >= 0.3 is 0 Å². The highest BCUT2D eigenvalue weighted by Gasteiger charge is 2.28. The summed E-state index contributed by atoms with van der Waals surface area (Å²) in [5, 5.41) is 2.61. The molecule has 0 saturated carbocycles. The van der Waals surface area contributed by atoms with Crippen molar-refractivity contribution in [2.45, 2.75) is 12.8 Å². The standard InChI is InChI=1S/C13H17N3O3/c1-14-12(18)10-3-2-6-16(8-10)13(19)9-4-5-15-11(17)7-9/h4-5,7,10H,2-3,6,8H2,1H3,(H,14,18)(H,15,17). The van der Waals surface area contributed by atoms with Gasteiger partial charge in [-0.25, -0.2) is 0 Å². The van der Waals surface area contributed by atoms with Crippen molar-refractivity contribution in [1.29, 1.82) is 0 Å². The molecule has 2 rings (SSSR count). The number of likely N-dealkylation sites (tertiary alicyclic amines) is 1. The fraction of sp³-hybridized carbons (Fsp3) is 0.462. The van der Waals surface area contributed by atoms with Gasteiger partial charge in [0, 0.05) is 38.0 Å². The Morgan fingerprint density at radius 1 is 1.47 bits per heavy atom. The number of amides is 2. The summed E-state index contributed by atoms with van der Waals surface area (Å²) in [6.07, 6.45) is 3.04. The first-order valence-corrected chi connectivity index (χ1v) is 6.31. The monoisotopic (exact) mass is 263 g/mol. The number of hydrogen-bond acceptors (Lipinski definition) is 3. The van der Waals surface area contributed by atoms with Gasteiger partial charge in [-0.2, -0.15) is 0 Å². The first-order valence-electron chi connectivity index (χ1n) is 6.31. The second kappa shape index (κ2) is 5.69. The maximum Gasteiger partial charge on any atom is 0.254 e. The van der Waals surface area contributed by atoms with Crippen LogP contribution in [0.5, 0.6) is 0 Å². The third kappa shape index (κ3) is 3.01. The number of piperidine rings is 1. The predicted octanol–water partition coefficient (Wildman–Crippen LogP) is -0.0269. The quantitative estimate of drug-likeness (QED) is 0.786.